The molecule has 0 fully saturated rings. The van der Waals surface area contributed by atoms with Crippen LogP contribution >= 0.6 is 0 Å². The Hall–Kier alpha value is -1.99. The summed E-state index contributed by atoms with van der Waals surface area (Å²) in [5.41, 5.74) is 7.56. The molecule has 0 aliphatic carbocycles. The molecule has 0 amide bonds. The summed E-state index contributed by atoms with van der Waals surface area (Å²) in [6.45, 7) is 2.60. The molecule has 1 unspecified atom stereocenters. The van der Waals surface area contributed by atoms with Crippen LogP contribution in [0.5, 0.6) is 0 Å². The summed E-state index contributed by atoms with van der Waals surface area (Å²) in [5.74, 6) is 5.95. The van der Waals surface area contributed by atoms with Crippen molar-refractivity contribution in [3.05, 3.63) is 35.4 Å². The highest BCUT2D eigenvalue weighted by Gasteiger charge is 2.11. The molecule has 1 rings (SSSR count). The van der Waals surface area contributed by atoms with Crippen molar-refractivity contribution in [1.82, 2.24) is 0 Å². The summed E-state index contributed by atoms with van der Waals surface area (Å²) in [4.78, 5) is 10.5. The molecule has 0 bridgehead atoms. The zero-order chi connectivity index (χ0) is 14.8. The van der Waals surface area contributed by atoms with E-state index in [9.17, 15) is 4.79 Å². The highest BCUT2D eigenvalue weighted by Crippen LogP contribution is 2.17. The average Bonchev–Trinajstić information content (AvgIpc) is 2.46. The summed E-state index contributed by atoms with van der Waals surface area (Å²) in [6.07, 6.45) is 1.67. The number of ether oxygens (including phenoxy) is 1. The van der Waals surface area contributed by atoms with Crippen LogP contribution in [0, 0.1) is 11.8 Å². The average molecular weight is 275 g/mol. The minimum atomic E-state index is -1.28. The summed E-state index contributed by atoms with van der Waals surface area (Å²) in [6, 6.07) is 7.70. The molecule has 1 aromatic rings. The predicted molar refractivity (Wildman–Crippen MR) is 78.4 cm³/mol. The first kappa shape index (κ1) is 16.1. The Morgan fingerprint density at radius 3 is 2.95 bits per heavy atom. The van der Waals surface area contributed by atoms with E-state index in [2.05, 4.69) is 23.5 Å². The van der Waals surface area contributed by atoms with Gasteiger partial charge in [0.2, 0.25) is 0 Å². The Bertz CT molecular complexity index is 488. The van der Waals surface area contributed by atoms with Crippen LogP contribution < -0.4 is 5.73 Å². The molecule has 0 saturated carbocycles. The summed E-state index contributed by atoms with van der Waals surface area (Å²) in [5, 5.41) is 8.63. The predicted octanol–water partition coefficient (Wildman–Crippen LogP) is 3.12. The molecule has 0 heterocycles. The largest absolute Gasteiger partial charge is 0.505 e. The summed E-state index contributed by atoms with van der Waals surface area (Å²) < 4.78 is 4.67. The van der Waals surface area contributed by atoms with E-state index in [1.165, 1.54) is 0 Å². The van der Waals surface area contributed by atoms with Gasteiger partial charge in [0.25, 0.3) is 0 Å². The van der Waals surface area contributed by atoms with Gasteiger partial charge in [-0.15, -0.1) is 5.92 Å². The van der Waals surface area contributed by atoms with Gasteiger partial charge < -0.3 is 15.6 Å². The van der Waals surface area contributed by atoms with E-state index in [1.54, 1.807) is 0 Å². The molecule has 1 atom stereocenters. The molecule has 3 N–H and O–H groups in total. The molecule has 20 heavy (non-hydrogen) atoms. The molecular formula is C16H21NO3. The quantitative estimate of drug-likeness (QED) is 0.475. The second-order valence-corrected chi connectivity index (χ2v) is 4.50. The van der Waals surface area contributed by atoms with Crippen molar-refractivity contribution in [2.75, 3.05) is 6.61 Å². The molecular weight excluding hydrogens is 254 g/mol. The number of benzene rings is 1. The van der Waals surface area contributed by atoms with Gasteiger partial charge in [0, 0.05) is 13.0 Å². The number of unbranched alkanes of at least 4 members (excludes halogenated alkanes) is 2. The summed E-state index contributed by atoms with van der Waals surface area (Å²) in [7, 11) is 0. The van der Waals surface area contributed by atoms with Crippen LogP contribution in [-0.2, 0) is 11.3 Å². The SMILES string of the molecule is CCCCC#CC(COC(=O)O)c1cccc(CN)c1. The lowest BCUT2D eigenvalue weighted by Crippen LogP contribution is -2.10. The van der Waals surface area contributed by atoms with Crippen LogP contribution in [0.4, 0.5) is 4.79 Å². The number of nitrogens with two attached hydrogens (primary N) is 1. The van der Waals surface area contributed by atoms with Crippen LogP contribution in [0.2, 0.25) is 0 Å². The summed E-state index contributed by atoms with van der Waals surface area (Å²) >= 11 is 0. The van der Waals surface area contributed by atoms with Gasteiger partial charge in [0.1, 0.15) is 6.61 Å². The molecule has 0 aliphatic rings. The lowest BCUT2D eigenvalue weighted by Gasteiger charge is -2.11. The van der Waals surface area contributed by atoms with Crippen LogP contribution in [0.25, 0.3) is 0 Å². The van der Waals surface area contributed by atoms with Gasteiger partial charge in [-0.3, -0.25) is 0 Å². The lowest BCUT2D eigenvalue weighted by molar-refractivity contribution is 0.0900. The van der Waals surface area contributed by atoms with E-state index in [-0.39, 0.29) is 12.5 Å². The number of hydrogen-bond acceptors (Lipinski definition) is 3. The second-order valence-electron chi connectivity index (χ2n) is 4.50. The molecule has 4 nitrogen and oxygen atoms in total. The first-order valence-electron chi connectivity index (χ1n) is 6.80. The molecule has 4 heteroatoms. The van der Waals surface area contributed by atoms with Crippen LogP contribution in [0.3, 0.4) is 0 Å². The van der Waals surface area contributed by atoms with Crippen molar-refractivity contribution < 1.29 is 14.6 Å². The van der Waals surface area contributed by atoms with Crippen LogP contribution in [-0.4, -0.2) is 17.9 Å². The second kappa shape index (κ2) is 9.00. The topological polar surface area (TPSA) is 72.5 Å². The van der Waals surface area contributed by atoms with E-state index in [0.29, 0.717) is 6.54 Å². The fraction of sp³-hybridized carbons (Fsp3) is 0.438. The van der Waals surface area contributed by atoms with E-state index in [0.717, 1.165) is 30.4 Å². The van der Waals surface area contributed by atoms with Crippen molar-refractivity contribution in [2.24, 2.45) is 5.73 Å². The third kappa shape index (κ3) is 5.77. The first-order chi connectivity index (χ1) is 9.67. The Labute approximate surface area is 119 Å². The highest BCUT2D eigenvalue weighted by molar-refractivity contribution is 5.57. The Morgan fingerprint density at radius 1 is 1.50 bits per heavy atom. The maximum absolute atomic E-state index is 10.5. The van der Waals surface area contributed by atoms with Gasteiger partial charge in [-0.25, -0.2) is 4.79 Å². The number of rotatable bonds is 6. The van der Waals surface area contributed by atoms with E-state index < -0.39 is 6.16 Å². The fourth-order valence-electron chi connectivity index (χ4n) is 1.77. The van der Waals surface area contributed by atoms with Gasteiger partial charge >= 0.3 is 6.16 Å². The zero-order valence-electron chi connectivity index (χ0n) is 11.8. The zero-order valence-corrected chi connectivity index (χ0v) is 11.8. The Morgan fingerprint density at radius 2 is 2.30 bits per heavy atom. The van der Waals surface area contributed by atoms with E-state index in [4.69, 9.17) is 10.8 Å². The van der Waals surface area contributed by atoms with E-state index in [1.807, 2.05) is 24.3 Å². The van der Waals surface area contributed by atoms with E-state index >= 15 is 0 Å². The molecule has 0 saturated heterocycles. The van der Waals surface area contributed by atoms with Gasteiger partial charge in [0.05, 0.1) is 5.92 Å². The molecule has 0 spiro atoms. The fourth-order valence-corrected chi connectivity index (χ4v) is 1.77. The number of carboxylic acid groups (broad SMARTS) is 1. The van der Waals surface area contributed by atoms with Crippen molar-refractivity contribution >= 4 is 6.16 Å². The van der Waals surface area contributed by atoms with Crippen molar-refractivity contribution in [3.63, 3.8) is 0 Å². The van der Waals surface area contributed by atoms with Crippen LogP contribution in [0.15, 0.2) is 24.3 Å². The van der Waals surface area contributed by atoms with Gasteiger partial charge in [-0.2, -0.15) is 0 Å². The standard InChI is InChI=1S/C16H21NO3/c1-2-3-4-5-8-15(12-20-16(18)19)14-9-6-7-13(10-14)11-17/h6-7,9-10,15H,2-4,11-12,17H2,1H3,(H,18,19). The molecule has 0 aromatic heterocycles. The van der Waals surface area contributed by atoms with Crippen molar-refractivity contribution in [2.45, 2.75) is 38.6 Å². The number of carbonyl (C=O) groups is 1. The van der Waals surface area contributed by atoms with Gasteiger partial charge in [0.15, 0.2) is 0 Å². The minimum Gasteiger partial charge on any atom is -0.450 e. The normalized spacial score (nSPS) is 11.3. The number of hydrogen-bond donors (Lipinski definition) is 2. The van der Waals surface area contributed by atoms with Gasteiger partial charge in [-0.05, 0) is 17.5 Å². The maximum atomic E-state index is 10.5. The monoisotopic (exact) mass is 275 g/mol. The Balaban J connectivity index is 2.83. The molecule has 108 valence electrons. The third-order valence-corrected chi connectivity index (χ3v) is 2.89. The first-order valence-corrected chi connectivity index (χ1v) is 6.80. The smallest absolute Gasteiger partial charge is 0.450 e. The highest BCUT2D eigenvalue weighted by atomic mass is 16.7. The molecule has 1 aromatic carbocycles. The van der Waals surface area contributed by atoms with Crippen LogP contribution in [0.1, 0.15) is 43.2 Å². The lowest BCUT2D eigenvalue weighted by atomic mass is 9.98. The van der Waals surface area contributed by atoms with Crippen molar-refractivity contribution in [3.8, 4) is 11.8 Å². The third-order valence-electron chi connectivity index (χ3n) is 2.89. The molecule has 0 aliphatic heterocycles. The molecule has 0 radical (unpaired) electrons. The van der Waals surface area contributed by atoms with Gasteiger partial charge in [-0.1, -0.05) is 43.5 Å². The minimum absolute atomic E-state index is 0.0441. The Kier molecular flexibility index (Phi) is 7.23. The maximum Gasteiger partial charge on any atom is 0.505 e. The van der Waals surface area contributed by atoms with Crippen molar-refractivity contribution in [1.29, 1.82) is 0 Å².